The van der Waals surface area contributed by atoms with Gasteiger partial charge in [-0.2, -0.15) is 0 Å². The Labute approximate surface area is 150 Å². The third-order valence-electron chi connectivity index (χ3n) is 3.32. The Morgan fingerprint density at radius 2 is 1.84 bits per heavy atom. The molecule has 1 aromatic rings. The Balaban J connectivity index is 1.80. The summed E-state index contributed by atoms with van der Waals surface area (Å²) in [5.74, 6) is -2.37. The number of carbonyl (C=O) groups is 5. The van der Waals surface area contributed by atoms with Crippen LogP contribution in [0, 0.1) is 0 Å². The molecule has 0 saturated heterocycles. The fourth-order valence-corrected chi connectivity index (χ4v) is 2.60. The van der Waals surface area contributed by atoms with Crippen molar-refractivity contribution in [2.24, 2.45) is 5.73 Å². The van der Waals surface area contributed by atoms with Crippen molar-refractivity contribution in [3.05, 3.63) is 33.8 Å². The zero-order chi connectivity index (χ0) is 18.6. The van der Waals surface area contributed by atoms with Crippen LogP contribution in [-0.2, 0) is 14.3 Å². The van der Waals surface area contributed by atoms with Gasteiger partial charge in [0.25, 0.3) is 17.7 Å². The number of rotatable bonds is 6. The maximum absolute atomic E-state index is 12.2. The number of hydrogen-bond donors (Lipinski definition) is 2. The standard InChI is InChI=1S/C15H14BrN3O6/c16-8-3-4-9-10(6-8)14(23)19(13(9)22)5-1-2-12(21)25-7-11(20)18-15(17)24/h3-4,6H,1-2,5,7H2,(H3,17,18,20,24). The molecule has 0 radical (unpaired) electrons. The van der Waals surface area contributed by atoms with E-state index in [4.69, 9.17) is 5.73 Å². The van der Waals surface area contributed by atoms with Crippen LogP contribution >= 0.6 is 15.9 Å². The molecular weight excluding hydrogens is 398 g/mol. The molecule has 0 aromatic heterocycles. The highest BCUT2D eigenvalue weighted by Gasteiger charge is 2.35. The molecule has 0 aliphatic carbocycles. The van der Waals surface area contributed by atoms with Crippen molar-refractivity contribution in [1.29, 1.82) is 0 Å². The summed E-state index contributed by atoms with van der Waals surface area (Å²) in [4.78, 5) is 58.5. The van der Waals surface area contributed by atoms with E-state index in [9.17, 15) is 24.0 Å². The van der Waals surface area contributed by atoms with Crippen molar-refractivity contribution in [1.82, 2.24) is 10.2 Å². The van der Waals surface area contributed by atoms with Gasteiger partial charge in [0, 0.05) is 17.4 Å². The molecule has 2 rings (SSSR count). The lowest BCUT2D eigenvalue weighted by Crippen LogP contribution is -2.37. The molecule has 25 heavy (non-hydrogen) atoms. The second kappa shape index (κ2) is 7.88. The number of nitrogens with one attached hydrogen (secondary N) is 1. The minimum Gasteiger partial charge on any atom is -0.456 e. The monoisotopic (exact) mass is 411 g/mol. The molecule has 0 saturated carbocycles. The number of halogens is 1. The van der Waals surface area contributed by atoms with Crippen molar-refractivity contribution in [2.75, 3.05) is 13.2 Å². The van der Waals surface area contributed by atoms with E-state index in [0.29, 0.717) is 15.6 Å². The Hall–Kier alpha value is -2.75. The molecule has 10 heteroatoms. The van der Waals surface area contributed by atoms with Crippen LogP contribution in [0.1, 0.15) is 33.6 Å². The molecule has 3 N–H and O–H groups in total. The first-order chi connectivity index (χ1) is 11.8. The molecule has 1 aliphatic rings. The summed E-state index contributed by atoms with van der Waals surface area (Å²) >= 11 is 3.24. The normalized spacial score (nSPS) is 12.8. The number of benzene rings is 1. The largest absolute Gasteiger partial charge is 0.456 e. The summed E-state index contributed by atoms with van der Waals surface area (Å²) in [5.41, 5.74) is 5.37. The van der Waals surface area contributed by atoms with E-state index in [2.05, 4.69) is 20.7 Å². The first kappa shape index (κ1) is 18.6. The van der Waals surface area contributed by atoms with Gasteiger partial charge >= 0.3 is 12.0 Å². The first-order valence-electron chi connectivity index (χ1n) is 7.20. The molecule has 1 heterocycles. The molecule has 132 valence electrons. The topological polar surface area (TPSA) is 136 Å². The van der Waals surface area contributed by atoms with Crippen LogP contribution in [-0.4, -0.2) is 47.8 Å². The number of primary amides is 1. The van der Waals surface area contributed by atoms with Crippen LogP contribution in [0.3, 0.4) is 0 Å². The fraction of sp³-hybridized carbons (Fsp3) is 0.267. The Morgan fingerprint density at radius 3 is 2.52 bits per heavy atom. The van der Waals surface area contributed by atoms with Crippen LogP contribution < -0.4 is 11.1 Å². The second-order valence-electron chi connectivity index (χ2n) is 5.13. The van der Waals surface area contributed by atoms with Crippen LogP contribution in [0.2, 0.25) is 0 Å². The Morgan fingerprint density at radius 1 is 1.16 bits per heavy atom. The number of urea groups is 1. The van der Waals surface area contributed by atoms with Gasteiger partial charge in [-0.1, -0.05) is 15.9 Å². The number of fused-ring (bicyclic) bond motifs is 1. The molecule has 0 fully saturated rings. The maximum atomic E-state index is 12.2. The van der Waals surface area contributed by atoms with E-state index in [1.807, 2.05) is 0 Å². The van der Waals surface area contributed by atoms with Crippen molar-refractivity contribution in [2.45, 2.75) is 12.8 Å². The number of esters is 1. The zero-order valence-corrected chi connectivity index (χ0v) is 14.5. The summed E-state index contributed by atoms with van der Waals surface area (Å²) < 4.78 is 5.33. The van der Waals surface area contributed by atoms with Gasteiger partial charge in [0.15, 0.2) is 6.61 Å². The van der Waals surface area contributed by atoms with Crippen LogP contribution in [0.25, 0.3) is 0 Å². The highest BCUT2D eigenvalue weighted by Crippen LogP contribution is 2.26. The van der Waals surface area contributed by atoms with Crippen molar-refractivity contribution in [3.63, 3.8) is 0 Å². The summed E-state index contributed by atoms with van der Waals surface area (Å²) in [6.07, 6.45) is 0.0872. The fourth-order valence-electron chi connectivity index (χ4n) is 2.24. The molecular formula is C15H14BrN3O6. The molecule has 1 aromatic carbocycles. The molecule has 1 aliphatic heterocycles. The van der Waals surface area contributed by atoms with E-state index >= 15 is 0 Å². The molecule has 0 atom stereocenters. The lowest BCUT2D eigenvalue weighted by molar-refractivity contribution is -0.148. The summed E-state index contributed by atoms with van der Waals surface area (Å²) in [6.45, 7) is -0.588. The minimum absolute atomic E-state index is 0.0482. The van der Waals surface area contributed by atoms with Gasteiger partial charge in [0.2, 0.25) is 0 Å². The molecule has 9 nitrogen and oxygen atoms in total. The smallest absolute Gasteiger partial charge is 0.318 e. The molecule has 0 spiro atoms. The summed E-state index contributed by atoms with van der Waals surface area (Å²) in [6, 6.07) is 3.76. The second-order valence-corrected chi connectivity index (χ2v) is 6.04. The van der Waals surface area contributed by atoms with E-state index in [-0.39, 0.29) is 19.4 Å². The molecule has 0 bridgehead atoms. The Bertz CT molecular complexity index is 764. The summed E-state index contributed by atoms with van der Waals surface area (Å²) in [7, 11) is 0. The van der Waals surface area contributed by atoms with Gasteiger partial charge in [0.05, 0.1) is 11.1 Å². The number of nitrogens with two attached hydrogens (primary N) is 1. The quantitative estimate of drug-likeness (QED) is 0.518. The van der Waals surface area contributed by atoms with Gasteiger partial charge in [0.1, 0.15) is 0 Å². The predicted molar refractivity (Wildman–Crippen MR) is 87.4 cm³/mol. The van der Waals surface area contributed by atoms with Crippen LogP contribution in [0.15, 0.2) is 22.7 Å². The third kappa shape index (κ3) is 4.63. The number of imide groups is 2. The average molecular weight is 412 g/mol. The van der Waals surface area contributed by atoms with Crippen LogP contribution in [0.5, 0.6) is 0 Å². The first-order valence-corrected chi connectivity index (χ1v) is 7.99. The van der Waals surface area contributed by atoms with Gasteiger partial charge < -0.3 is 10.5 Å². The maximum Gasteiger partial charge on any atom is 0.318 e. The highest BCUT2D eigenvalue weighted by molar-refractivity contribution is 9.10. The van der Waals surface area contributed by atoms with E-state index in [1.165, 1.54) is 0 Å². The molecule has 0 unspecified atom stereocenters. The lowest BCUT2D eigenvalue weighted by atomic mass is 10.1. The predicted octanol–water partition coefficient (Wildman–Crippen LogP) is 0.563. The number of ether oxygens (including phenoxy) is 1. The van der Waals surface area contributed by atoms with E-state index < -0.39 is 36.3 Å². The van der Waals surface area contributed by atoms with Crippen molar-refractivity contribution in [3.8, 4) is 0 Å². The number of hydrogen-bond acceptors (Lipinski definition) is 6. The van der Waals surface area contributed by atoms with Crippen molar-refractivity contribution >= 4 is 45.7 Å². The molecule has 5 amide bonds. The minimum atomic E-state index is -1.04. The number of carbonyl (C=O) groups excluding carboxylic acids is 5. The number of amides is 5. The van der Waals surface area contributed by atoms with Gasteiger partial charge in [-0.25, -0.2) is 4.79 Å². The van der Waals surface area contributed by atoms with Gasteiger partial charge in [-0.15, -0.1) is 0 Å². The Kier molecular flexibility index (Phi) is 5.86. The van der Waals surface area contributed by atoms with Crippen LogP contribution in [0.4, 0.5) is 4.79 Å². The average Bonchev–Trinajstić information content (AvgIpc) is 2.76. The highest BCUT2D eigenvalue weighted by atomic mass is 79.9. The van der Waals surface area contributed by atoms with Gasteiger partial charge in [-0.05, 0) is 24.6 Å². The SMILES string of the molecule is NC(=O)NC(=O)COC(=O)CCCN1C(=O)c2ccc(Br)cc2C1=O. The van der Waals surface area contributed by atoms with E-state index in [1.54, 1.807) is 23.5 Å². The third-order valence-corrected chi connectivity index (χ3v) is 3.82. The number of nitrogens with zero attached hydrogens (tertiary/aromatic N) is 1. The van der Waals surface area contributed by atoms with Crippen molar-refractivity contribution < 1.29 is 28.7 Å². The lowest BCUT2D eigenvalue weighted by Gasteiger charge is -2.13. The van der Waals surface area contributed by atoms with E-state index in [0.717, 1.165) is 4.90 Å². The summed E-state index contributed by atoms with van der Waals surface area (Å²) in [5, 5.41) is 1.75. The zero-order valence-electron chi connectivity index (χ0n) is 12.9. The van der Waals surface area contributed by atoms with Gasteiger partial charge in [-0.3, -0.25) is 29.4 Å².